The molecule has 1 aliphatic rings. The van der Waals surface area contributed by atoms with Crippen LogP contribution in [0.5, 0.6) is 0 Å². The van der Waals surface area contributed by atoms with Gasteiger partial charge in [0.2, 0.25) is 0 Å². The molecule has 0 aliphatic carbocycles. The number of aromatic nitrogens is 2. The Hall–Kier alpha value is -2.99. The van der Waals surface area contributed by atoms with Gasteiger partial charge in [-0.05, 0) is 37.0 Å². The zero-order chi connectivity index (χ0) is 22.0. The number of aryl methyl sites for hydroxylation is 1. The van der Waals surface area contributed by atoms with Crippen molar-refractivity contribution in [1.29, 1.82) is 0 Å². The van der Waals surface area contributed by atoms with Gasteiger partial charge >= 0.3 is 0 Å². The maximum absolute atomic E-state index is 12.6. The number of anilines is 1. The number of benzene rings is 2. The molecule has 1 unspecified atom stereocenters. The highest BCUT2D eigenvalue weighted by atomic mass is 16.3. The SMILES string of the molecule is Cc1ccc2c(N3CCN(C(=O)C(O)CC(C)C)CC3)nc(-c3ccccc3)nc2c1. The van der Waals surface area contributed by atoms with Crippen molar-refractivity contribution in [1.82, 2.24) is 14.9 Å². The molecule has 0 radical (unpaired) electrons. The molecule has 0 saturated carbocycles. The van der Waals surface area contributed by atoms with Gasteiger partial charge in [0.05, 0.1) is 5.52 Å². The Balaban J connectivity index is 1.60. The van der Waals surface area contributed by atoms with Gasteiger partial charge in [-0.1, -0.05) is 50.2 Å². The summed E-state index contributed by atoms with van der Waals surface area (Å²) in [6, 6.07) is 16.3. The molecule has 0 spiro atoms. The number of aliphatic hydroxyl groups excluding tert-OH is 1. The largest absolute Gasteiger partial charge is 0.383 e. The first-order valence-electron chi connectivity index (χ1n) is 11.0. The summed E-state index contributed by atoms with van der Waals surface area (Å²) >= 11 is 0. The van der Waals surface area contributed by atoms with E-state index in [1.54, 1.807) is 4.90 Å². The summed E-state index contributed by atoms with van der Waals surface area (Å²) in [6.07, 6.45) is -0.422. The maximum atomic E-state index is 12.6. The van der Waals surface area contributed by atoms with Crippen LogP contribution in [0, 0.1) is 12.8 Å². The average Bonchev–Trinajstić information content (AvgIpc) is 2.78. The summed E-state index contributed by atoms with van der Waals surface area (Å²) in [5.74, 6) is 1.73. The lowest BCUT2D eigenvalue weighted by atomic mass is 10.0. The van der Waals surface area contributed by atoms with Crippen molar-refractivity contribution < 1.29 is 9.90 Å². The fourth-order valence-corrected chi connectivity index (χ4v) is 4.08. The lowest BCUT2D eigenvalue weighted by molar-refractivity contribution is -0.141. The number of carbonyl (C=O) groups is 1. The van der Waals surface area contributed by atoms with E-state index in [2.05, 4.69) is 30.0 Å². The average molecular weight is 419 g/mol. The standard InChI is InChI=1S/C25H30N4O2/c1-17(2)15-22(30)25(31)29-13-11-28(12-14-29)24-20-10-9-18(3)16-21(20)26-23(27-24)19-7-5-4-6-8-19/h4-10,16-17,22,30H,11-15H2,1-3H3. The van der Waals surface area contributed by atoms with Crippen molar-refractivity contribution in [2.24, 2.45) is 5.92 Å². The number of hydrogen-bond acceptors (Lipinski definition) is 5. The molecule has 162 valence electrons. The van der Waals surface area contributed by atoms with Crippen LogP contribution in [0.15, 0.2) is 48.5 Å². The zero-order valence-electron chi connectivity index (χ0n) is 18.5. The van der Waals surface area contributed by atoms with E-state index in [0.29, 0.717) is 38.4 Å². The van der Waals surface area contributed by atoms with Crippen LogP contribution in [-0.2, 0) is 4.79 Å². The van der Waals surface area contributed by atoms with E-state index in [-0.39, 0.29) is 11.8 Å². The number of rotatable bonds is 5. The molecule has 6 nitrogen and oxygen atoms in total. The van der Waals surface area contributed by atoms with Gasteiger partial charge in [-0.25, -0.2) is 9.97 Å². The third-order valence-electron chi connectivity index (χ3n) is 5.73. The molecule has 1 aromatic heterocycles. The summed E-state index contributed by atoms with van der Waals surface area (Å²) in [5.41, 5.74) is 3.07. The van der Waals surface area contributed by atoms with Crippen LogP contribution < -0.4 is 4.90 Å². The van der Waals surface area contributed by atoms with Crippen LogP contribution in [0.3, 0.4) is 0 Å². The Morgan fingerprint density at radius 3 is 2.42 bits per heavy atom. The van der Waals surface area contributed by atoms with Gasteiger partial charge in [0.25, 0.3) is 5.91 Å². The normalized spacial score (nSPS) is 15.5. The minimum Gasteiger partial charge on any atom is -0.383 e. The number of hydrogen-bond donors (Lipinski definition) is 1. The molecule has 3 aromatic rings. The van der Waals surface area contributed by atoms with Gasteiger partial charge in [-0.15, -0.1) is 0 Å². The lowest BCUT2D eigenvalue weighted by Crippen LogP contribution is -2.52. The lowest BCUT2D eigenvalue weighted by Gasteiger charge is -2.37. The fourth-order valence-electron chi connectivity index (χ4n) is 4.08. The molecule has 2 heterocycles. The van der Waals surface area contributed by atoms with E-state index in [4.69, 9.17) is 9.97 Å². The molecular weight excluding hydrogens is 388 g/mol. The number of carbonyl (C=O) groups excluding carboxylic acids is 1. The van der Waals surface area contributed by atoms with Crippen molar-refractivity contribution in [3.05, 3.63) is 54.1 Å². The van der Waals surface area contributed by atoms with Gasteiger partial charge in [0.15, 0.2) is 5.82 Å². The van der Waals surface area contributed by atoms with E-state index in [1.165, 1.54) is 0 Å². The third-order valence-corrected chi connectivity index (χ3v) is 5.73. The Morgan fingerprint density at radius 2 is 1.74 bits per heavy atom. The molecule has 4 rings (SSSR count). The van der Waals surface area contributed by atoms with Crippen molar-refractivity contribution in [3.8, 4) is 11.4 Å². The third kappa shape index (κ3) is 4.69. The first kappa shape index (κ1) is 21.2. The second-order valence-corrected chi connectivity index (χ2v) is 8.72. The van der Waals surface area contributed by atoms with Crippen LogP contribution in [0.25, 0.3) is 22.3 Å². The van der Waals surface area contributed by atoms with Gasteiger partial charge < -0.3 is 14.9 Å². The molecule has 1 fully saturated rings. The highest BCUT2D eigenvalue weighted by molar-refractivity contribution is 5.91. The highest BCUT2D eigenvalue weighted by Gasteiger charge is 2.28. The van der Waals surface area contributed by atoms with Crippen molar-refractivity contribution >= 4 is 22.6 Å². The van der Waals surface area contributed by atoms with E-state index < -0.39 is 6.10 Å². The minimum absolute atomic E-state index is 0.165. The summed E-state index contributed by atoms with van der Waals surface area (Å²) in [6.45, 7) is 8.60. The van der Waals surface area contributed by atoms with Crippen LogP contribution in [0.2, 0.25) is 0 Å². The fraction of sp³-hybridized carbons (Fsp3) is 0.400. The van der Waals surface area contributed by atoms with Crippen LogP contribution in [0.1, 0.15) is 25.8 Å². The van der Waals surface area contributed by atoms with Crippen LogP contribution in [-0.4, -0.2) is 58.2 Å². The second kappa shape index (κ2) is 9.02. The maximum Gasteiger partial charge on any atom is 0.251 e. The summed E-state index contributed by atoms with van der Waals surface area (Å²) in [4.78, 5) is 26.3. The van der Waals surface area contributed by atoms with Crippen molar-refractivity contribution in [3.63, 3.8) is 0 Å². The Kier molecular flexibility index (Phi) is 6.18. The molecular formula is C25H30N4O2. The number of amides is 1. The van der Waals surface area contributed by atoms with Gasteiger partial charge in [-0.2, -0.15) is 0 Å². The smallest absolute Gasteiger partial charge is 0.251 e. The van der Waals surface area contributed by atoms with Gasteiger partial charge in [0, 0.05) is 37.1 Å². The van der Waals surface area contributed by atoms with Crippen LogP contribution in [0.4, 0.5) is 5.82 Å². The monoisotopic (exact) mass is 418 g/mol. The Morgan fingerprint density at radius 1 is 1.03 bits per heavy atom. The highest BCUT2D eigenvalue weighted by Crippen LogP contribution is 2.29. The summed E-state index contributed by atoms with van der Waals surface area (Å²) in [5, 5.41) is 11.2. The van der Waals surface area contributed by atoms with E-state index in [0.717, 1.165) is 27.8 Å². The van der Waals surface area contributed by atoms with Crippen molar-refractivity contribution in [2.45, 2.75) is 33.3 Å². The number of piperazine rings is 1. The first-order chi connectivity index (χ1) is 14.9. The Bertz CT molecular complexity index is 1060. The van der Waals surface area contributed by atoms with Gasteiger partial charge in [-0.3, -0.25) is 4.79 Å². The topological polar surface area (TPSA) is 69.6 Å². The number of aliphatic hydroxyl groups is 1. The zero-order valence-corrected chi connectivity index (χ0v) is 18.5. The van der Waals surface area contributed by atoms with Crippen LogP contribution >= 0.6 is 0 Å². The molecule has 1 saturated heterocycles. The summed E-state index contributed by atoms with van der Waals surface area (Å²) in [7, 11) is 0. The molecule has 6 heteroatoms. The number of fused-ring (bicyclic) bond motifs is 1. The minimum atomic E-state index is -0.918. The quantitative estimate of drug-likeness (QED) is 0.685. The first-order valence-corrected chi connectivity index (χ1v) is 11.0. The Labute approximate surface area is 183 Å². The van der Waals surface area contributed by atoms with Crippen molar-refractivity contribution in [2.75, 3.05) is 31.1 Å². The molecule has 1 aliphatic heterocycles. The van der Waals surface area contributed by atoms with E-state index >= 15 is 0 Å². The molecule has 0 bridgehead atoms. The summed E-state index contributed by atoms with van der Waals surface area (Å²) < 4.78 is 0. The second-order valence-electron chi connectivity index (χ2n) is 8.72. The predicted octanol–water partition coefficient (Wildman–Crippen LogP) is 3.66. The van der Waals surface area contributed by atoms with E-state index in [1.807, 2.05) is 44.2 Å². The molecule has 1 N–H and O–H groups in total. The molecule has 31 heavy (non-hydrogen) atoms. The predicted molar refractivity (Wildman–Crippen MR) is 124 cm³/mol. The van der Waals surface area contributed by atoms with Gasteiger partial charge in [0.1, 0.15) is 11.9 Å². The molecule has 1 atom stereocenters. The number of nitrogens with zero attached hydrogens (tertiary/aromatic N) is 4. The molecule has 2 aromatic carbocycles. The molecule has 1 amide bonds. The van der Waals surface area contributed by atoms with E-state index in [9.17, 15) is 9.90 Å².